The Labute approximate surface area is 105 Å². The molecule has 0 saturated heterocycles. The second-order valence-electron chi connectivity index (χ2n) is 3.41. The summed E-state index contributed by atoms with van der Waals surface area (Å²) in [4.78, 5) is 11.6. The second kappa shape index (κ2) is 8.11. The van der Waals surface area contributed by atoms with E-state index < -0.39 is 0 Å². The molecule has 0 radical (unpaired) electrons. The Hall–Kier alpha value is -1.04. The molecule has 1 aromatic rings. The molecule has 0 aliphatic rings. The zero-order valence-corrected chi connectivity index (χ0v) is 10.6. The third-order valence-corrected chi connectivity index (χ3v) is 3.05. The van der Waals surface area contributed by atoms with Crippen LogP contribution in [0.2, 0.25) is 0 Å². The van der Waals surface area contributed by atoms with Crippen LogP contribution in [-0.2, 0) is 16.1 Å². The number of rotatable bonds is 7. The molecule has 0 unspecified atom stereocenters. The molecule has 17 heavy (non-hydrogen) atoms. The standard InChI is InChI=1S/C12H17NO3S/c1-16-6-7-17-9-12(15)13-11-5-3-2-4-10(11)8-14/h2-5,14H,6-9H2,1H3,(H,13,15). The van der Waals surface area contributed by atoms with Gasteiger partial charge in [-0.3, -0.25) is 4.79 Å². The minimum Gasteiger partial charge on any atom is -0.392 e. The maximum atomic E-state index is 11.6. The number of thioether (sulfide) groups is 1. The van der Waals surface area contributed by atoms with Crippen LogP contribution in [0.4, 0.5) is 5.69 Å². The highest BCUT2D eigenvalue weighted by molar-refractivity contribution is 7.99. The van der Waals surface area contributed by atoms with E-state index in [-0.39, 0.29) is 12.5 Å². The van der Waals surface area contributed by atoms with Crippen LogP contribution >= 0.6 is 11.8 Å². The minimum absolute atomic E-state index is 0.0630. The lowest BCUT2D eigenvalue weighted by Gasteiger charge is -2.08. The number of hydrogen-bond donors (Lipinski definition) is 2. The molecule has 0 aliphatic heterocycles. The number of methoxy groups -OCH3 is 1. The highest BCUT2D eigenvalue weighted by Gasteiger charge is 2.05. The van der Waals surface area contributed by atoms with E-state index in [4.69, 9.17) is 9.84 Å². The van der Waals surface area contributed by atoms with Crippen molar-refractivity contribution in [2.45, 2.75) is 6.61 Å². The van der Waals surface area contributed by atoms with Gasteiger partial charge in [0.1, 0.15) is 0 Å². The number of nitrogens with one attached hydrogen (secondary N) is 1. The number of anilines is 1. The zero-order chi connectivity index (χ0) is 12.5. The number of aliphatic hydroxyl groups is 1. The SMILES string of the molecule is COCCSCC(=O)Nc1ccccc1CO. The molecule has 0 heterocycles. The normalized spacial score (nSPS) is 10.2. The second-order valence-corrected chi connectivity index (χ2v) is 4.51. The van der Waals surface area contributed by atoms with Gasteiger partial charge in [-0.2, -0.15) is 0 Å². The zero-order valence-electron chi connectivity index (χ0n) is 9.81. The number of carbonyl (C=O) groups is 1. The molecule has 0 atom stereocenters. The van der Waals surface area contributed by atoms with E-state index in [2.05, 4.69) is 5.32 Å². The molecule has 4 nitrogen and oxygen atoms in total. The molecule has 0 saturated carbocycles. The fourth-order valence-electron chi connectivity index (χ4n) is 1.27. The maximum Gasteiger partial charge on any atom is 0.234 e. The topological polar surface area (TPSA) is 58.6 Å². The molecule has 0 fully saturated rings. The largest absolute Gasteiger partial charge is 0.392 e. The van der Waals surface area contributed by atoms with Crippen molar-refractivity contribution in [3.63, 3.8) is 0 Å². The summed E-state index contributed by atoms with van der Waals surface area (Å²) in [6, 6.07) is 7.22. The molecule has 5 heteroatoms. The van der Waals surface area contributed by atoms with Gasteiger partial charge in [-0.05, 0) is 6.07 Å². The first-order valence-electron chi connectivity index (χ1n) is 5.33. The molecular formula is C12H17NO3S. The van der Waals surface area contributed by atoms with Gasteiger partial charge in [-0.1, -0.05) is 18.2 Å². The summed E-state index contributed by atoms with van der Waals surface area (Å²) >= 11 is 1.52. The maximum absolute atomic E-state index is 11.6. The highest BCUT2D eigenvalue weighted by Crippen LogP contribution is 2.15. The summed E-state index contributed by atoms with van der Waals surface area (Å²) < 4.78 is 4.89. The van der Waals surface area contributed by atoms with Crippen molar-refractivity contribution in [1.82, 2.24) is 0 Å². The van der Waals surface area contributed by atoms with E-state index in [1.165, 1.54) is 11.8 Å². The minimum atomic E-state index is -0.0761. The van der Waals surface area contributed by atoms with E-state index >= 15 is 0 Å². The number of para-hydroxylation sites is 1. The van der Waals surface area contributed by atoms with Gasteiger partial charge in [-0.25, -0.2) is 0 Å². The molecule has 0 aromatic heterocycles. The van der Waals surface area contributed by atoms with Crippen molar-refractivity contribution >= 4 is 23.4 Å². The van der Waals surface area contributed by atoms with Gasteiger partial charge in [0, 0.05) is 24.1 Å². The highest BCUT2D eigenvalue weighted by atomic mass is 32.2. The van der Waals surface area contributed by atoms with E-state index in [1.807, 2.05) is 12.1 Å². The van der Waals surface area contributed by atoms with Crippen molar-refractivity contribution in [2.75, 3.05) is 30.5 Å². The Morgan fingerprint density at radius 3 is 2.94 bits per heavy atom. The average molecular weight is 255 g/mol. The van der Waals surface area contributed by atoms with Crippen LogP contribution in [0.25, 0.3) is 0 Å². The quantitative estimate of drug-likeness (QED) is 0.725. The third kappa shape index (κ3) is 5.21. The van der Waals surface area contributed by atoms with Gasteiger partial charge < -0.3 is 15.2 Å². The van der Waals surface area contributed by atoms with E-state index in [0.29, 0.717) is 18.0 Å². The van der Waals surface area contributed by atoms with Gasteiger partial charge in [0.2, 0.25) is 5.91 Å². The van der Waals surface area contributed by atoms with Crippen molar-refractivity contribution in [1.29, 1.82) is 0 Å². The smallest absolute Gasteiger partial charge is 0.234 e. The first-order valence-corrected chi connectivity index (χ1v) is 6.48. The average Bonchev–Trinajstić information content (AvgIpc) is 2.35. The van der Waals surface area contributed by atoms with Crippen LogP contribution in [0.3, 0.4) is 0 Å². The van der Waals surface area contributed by atoms with Gasteiger partial charge in [0.15, 0.2) is 0 Å². The Balaban J connectivity index is 2.39. The molecule has 94 valence electrons. The molecule has 1 aromatic carbocycles. The van der Waals surface area contributed by atoms with Gasteiger partial charge in [-0.15, -0.1) is 11.8 Å². The summed E-state index contributed by atoms with van der Waals surface area (Å²) in [6.07, 6.45) is 0. The number of hydrogen-bond acceptors (Lipinski definition) is 4. The Kier molecular flexibility index (Phi) is 6.69. The lowest BCUT2D eigenvalue weighted by atomic mass is 10.2. The molecule has 2 N–H and O–H groups in total. The number of benzene rings is 1. The summed E-state index contributed by atoms with van der Waals surface area (Å²) in [5.41, 5.74) is 1.40. The molecule has 1 rings (SSSR count). The van der Waals surface area contributed by atoms with E-state index in [0.717, 1.165) is 11.3 Å². The lowest BCUT2D eigenvalue weighted by Crippen LogP contribution is -2.16. The number of aliphatic hydroxyl groups excluding tert-OH is 1. The monoisotopic (exact) mass is 255 g/mol. The van der Waals surface area contributed by atoms with Crippen LogP contribution in [0.5, 0.6) is 0 Å². The molecule has 0 aliphatic carbocycles. The van der Waals surface area contributed by atoms with E-state index in [1.54, 1.807) is 19.2 Å². The molecule has 0 bridgehead atoms. The Morgan fingerprint density at radius 1 is 1.47 bits per heavy atom. The first-order chi connectivity index (χ1) is 8.27. The van der Waals surface area contributed by atoms with Crippen LogP contribution in [0, 0.1) is 0 Å². The fraction of sp³-hybridized carbons (Fsp3) is 0.417. The van der Waals surface area contributed by atoms with Crippen molar-refractivity contribution < 1.29 is 14.6 Å². The predicted octanol–water partition coefficient (Wildman–Crippen LogP) is 1.50. The molecule has 0 spiro atoms. The molecule has 1 amide bonds. The fourth-order valence-corrected chi connectivity index (χ4v) is 1.96. The summed E-state index contributed by atoms with van der Waals surface area (Å²) in [6.45, 7) is 0.568. The lowest BCUT2D eigenvalue weighted by molar-refractivity contribution is -0.113. The van der Waals surface area contributed by atoms with Crippen molar-refractivity contribution in [3.05, 3.63) is 29.8 Å². The first kappa shape index (κ1) is 14.0. The summed E-state index contributed by atoms with van der Waals surface area (Å²) in [7, 11) is 1.64. The summed E-state index contributed by atoms with van der Waals surface area (Å²) in [5, 5.41) is 11.9. The predicted molar refractivity (Wildman–Crippen MR) is 70.2 cm³/mol. The third-order valence-electron chi connectivity index (χ3n) is 2.13. The Bertz CT molecular complexity index is 357. The van der Waals surface area contributed by atoms with E-state index in [9.17, 15) is 4.79 Å². The van der Waals surface area contributed by atoms with Crippen LogP contribution in [0.15, 0.2) is 24.3 Å². The number of ether oxygens (including phenoxy) is 1. The van der Waals surface area contributed by atoms with Gasteiger partial charge in [0.05, 0.1) is 19.0 Å². The number of amides is 1. The van der Waals surface area contributed by atoms with Crippen LogP contribution in [-0.4, -0.2) is 36.2 Å². The van der Waals surface area contributed by atoms with Crippen molar-refractivity contribution in [3.8, 4) is 0 Å². The number of carbonyl (C=O) groups excluding carboxylic acids is 1. The van der Waals surface area contributed by atoms with Crippen molar-refractivity contribution in [2.24, 2.45) is 0 Å². The Morgan fingerprint density at radius 2 is 2.24 bits per heavy atom. The van der Waals surface area contributed by atoms with Gasteiger partial charge >= 0.3 is 0 Å². The van der Waals surface area contributed by atoms with Crippen LogP contribution in [0.1, 0.15) is 5.56 Å². The molecular weight excluding hydrogens is 238 g/mol. The van der Waals surface area contributed by atoms with Crippen LogP contribution < -0.4 is 5.32 Å². The summed E-state index contributed by atoms with van der Waals surface area (Å²) in [5.74, 6) is 1.13. The van der Waals surface area contributed by atoms with Gasteiger partial charge in [0.25, 0.3) is 0 Å².